The van der Waals surface area contributed by atoms with Crippen LogP contribution in [0, 0.1) is 6.92 Å². The minimum atomic E-state index is -0.224. The lowest BCUT2D eigenvalue weighted by Gasteiger charge is -2.28. The van der Waals surface area contributed by atoms with Gasteiger partial charge in [-0.1, -0.05) is 30.3 Å². The Hall–Kier alpha value is -2.63. The van der Waals surface area contributed by atoms with Crippen LogP contribution in [0.2, 0.25) is 0 Å². The van der Waals surface area contributed by atoms with E-state index in [1.54, 1.807) is 30.8 Å². The molecule has 2 rings (SSSR count). The normalized spacial score (nSPS) is 11.8. The van der Waals surface area contributed by atoms with Crippen molar-refractivity contribution >= 4 is 11.7 Å². The van der Waals surface area contributed by atoms with E-state index < -0.39 is 0 Å². The molecule has 0 aliphatic heterocycles. The summed E-state index contributed by atoms with van der Waals surface area (Å²) in [6, 6.07) is 11.2. The molecule has 1 N–H and O–H groups in total. The maximum Gasteiger partial charge on any atom is 0.252 e. The average molecular weight is 314 g/mol. The Labute approximate surface area is 135 Å². The van der Waals surface area contributed by atoms with Crippen LogP contribution >= 0.6 is 0 Å². The number of carbonyl (C=O) groups is 1. The molecule has 2 aromatic rings. The second-order valence-corrected chi connectivity index (χ2v) is 5.64. The predicted molar refractivity (Wildman–Crippen MR) is 90.5 cm³/mol. The summed E-state index contributed by atoms with van der Waals surface area (Å²) in [6.45, 7) is 3.86. The molecule has 0 aliphatic rings. The standard InChI is InChI=1S/C17H22N4O2/c1-12(14-8-6-5-7-9-14)21(4)17(23)11-20(3)15-10-16(22)19-13(2)18-15/h5-10,12H,11H2,1-4H3,(H,18,19,22). The highest BCUT2D eigenvalue weighted by Crippen LogP contribution is 2.18. The van der Waals surface area contributed by atoms with Gasteiger partial charge in [0.15, 0.2) is 0 Å². The van der Waals surface area contributed by atoms with Gasteiger partial charge in [-0.05, 0) is 19.4 Å². The first kappa shape index (κ1) is 16.7. The van der Waals surface area contributed by atoms with Gasteiger partial charge >= 0.3 is 0 Å². The second kappa shape index (κ2) is 7.09. The highest BCUT2D eigenvalue weighted by Gasteiger charge is 2.19. The van der Waals surface area contributed by atoms with Crippen molar-refractivity contribution in [3.63, 3.8) is 0 Å². The summed E-state index contributed by atoms with van der Waals surface area (Å²) in [4.78, 5) is 34.2. The summed E-state index contributed by atoms with van der Waals surface area (Å²) in [5, 5.41) is 0. The number of nitrogens with one attached hydrogen (secondary N) is 1. The molecule has 23 heavy (non-hydrogen) atoms. The fourth-order valence-corrected chi connectivity index (χ4v) is 2.33. The molecule has 122 valence electrons. The SMILES string of the molecule is Cc1nc(N(C)CC(=O)N(C)C(C)c2ccccc2)cc(=O)[nH]1. The molecular weight excluding hydrogens is 292 g/mol. The van der Waals surface area contributed by atoms with Gasteiger partial charge in [0.1, 0.15) is 11.6 Å². The van der Waals surface area contributed by atoms with Crippen molar-refractivity contribution in [1.82, 2.24) is 14.9 Å². The van der Waals surface area contributed by atoms with E-state index in [9.17, 15) is 9.59 Å². The number of hydrogen-bond donors (Lipinski definition) is 1. The monoisotopic (exact) mass is 314 g/mol. The van der Waals surface area contributed by atoms with Gasteiger partial charge in [-0.25, -0.2) is 4.98 Å². The first-order chi connectivity index (χ1) is 10.9. The van der Waals surface area contributed by atoms with Gasteiger partial charge in [0.2, 0.25) is 5.91 Å². The smallest absolute Gasteiger partial charge is 0.252 e. The van der Waals surface area contributed by atoms with E-state index in [2.05, 4.69) is 9.97 Å². The summed E-state index contributed by atoms with van der Waals surface area (Å²) < 4.78 is 0. The zero-order valence-corrected chi connectivity index (χ0v) is 13.9. The van der Waals surface area contributed by atoms with Crippen LogP contribution in [0.25, 0.3) is 0 Å². The third kappa shape index (κ3) is 4.18. The van der Waals surface area contributed by atoms with E-state index in [-0.39, 0.29) is 24.1 Å². The zero-order valence-electron chi connectivity index (χ0n) is 13.9. The maximum absolute atomic E-state index is 12.5. The number of aryl methyl sites for hydroxylation is 1. The number of nitrogens with zero attached hydrogens (tertiary/aromatic N) is 3. The molecule has 0 bridgehead atoms. The first-order valence-corrected chi connectivity index (χ1v) is 7.48. The number of benzene rings is 1. The van der Waals surface area contributed by atoms with Crippen molar-refractivity contribution in [1.29, 1.82) is 0 Å². The number of H-pyrrole nitrogens is 1. The molecule has 0 spiro atoms. The molecule has 0 saturated heterocycles. The van der Waals surface area contributed by atoms with Crippen molar-refractivity contribution in [3.8, 4) is 0 Å². The van der Waals surface area contributed by atoms with Crippen LogP contribution in [-0.4, -0.2) is 41.4 Å². The summed E-state index contributed by atoms with van der Waals surface area (Å²) in [7, 11) is 3.53. The van der Waals surface area contributed by atoms with E-state index >= 15 is 0 Å². The number of hydrogen-bond acceptors (Lipinski definition) is 4. The largest absolute Gasteiger partial charge is 0.350 e. The van der Waals surface area contributed by atoms with E-state index in [0.717, 1.165) is 5.56 Å². The van der Waals surface area contributed by atoms with Crippen LogP contribution in [0.15, 0.2) is 41.2 Å². The van der Waals surface area contributed by atoms with Crippen molar-refractivity contribution in [2.24, 2.45) is 0 Å². The molecule has 1 atom stereocenters. The average Bonchev–Trinajstić information content (AvgIpc) is 2.53. The van der Waals surface area contributed by atoms with Gasteiger partial charge in [0.25, 0.3) is 5.56 Å². The van der Waals surface area contributed by atoms with Crippen molar-refractivity contribution < 1.29 is 4.79 Å². The topological polar surface area (TPSA) is 69.3 Å². The maximum atomic E-state index is 12.5. The van der Waals surface area contributed by atoms with Gasteiger partial charge in [0.05, 0.1) is 12.6 Å². The molecule has 1 unspecified atom stereocenters. The Kier molecular flexibility index (Phi) is 5.16. The first-order valence-electron chi connectivity index (χ1n) is 7.48. The van der Waals surface area contributed by atoms with Crippen LogP contribution in [-0.2, 0) is 4.79 Å². The number of amides is 1. The van der Waals surface area contributed by atoms with E-state index in [1.807, 2.05) is 37.3 Å². The molecule has 1 aromatic carbocycles. The number of carbonyl (C=O) groups excluding carboxylic acids is 1. The Morgan fingerprint density at radius 3 is 2.52 bits per heavy atom. The molecule has 0 fully saturated rings. The van der Waals surface area contributed by atoms with Gasteiger partial charge in [-0.3, -0.25) is 9.59 Å². The lowest BCUT2D eigenvalue weighted by molar-refractivity contribution is -0.130. The summed E-state index contributed by atoms with van der Waals surface area (Å²) in [5.41, 5.74) is 0.855. The van der Waals surface area contributed by atoms with Crippen molar-refractivity contribution in [3.05, 3.63) is 58.1 Å². The Bertz CT molecular complexity index is 727. The third-order valence-corrected chi connectivity index (χ3v) is 3.87. The second-order valence-electron chi connectivity index (χ2n) is 5.64. The summed E-state index contributed by atoms with van der Waals surface area (Å²) >= 11 is 0. The highest BCUT2D eigenvalue weighted by molar-refractivity contribution is 5.81. The molecule has 0 aliphatic carbocycles. The lowest BCUT2D eigenvalue weighted by Crippen LogP contribution is -2.38. The molecule has 1 heterocycles. The lowest BCUT2D eigenvalue weighted by atomic mass is 10.1. The molecule has 6 nitrogen and oxygen atoms in total. The van der Waals surface area contributed by atoms with Crippen molar-refractivity contribution in [2.45, 2.75) is 19.9 Å². The van der Waals surface area contributed by atoms with E-state index in [4.69, 9.17) is 0 Å². The van der Waals surface area contributed by atoms with E-state index in [0.29, 0.717) is 11.6 Å². The zero-order chi connectivity index (χ0) is 17.0. The van der Waals surface area contributed by atoms with Gasteiger partial charge in [-0.15, -0.1) is 0 Å². The highest BCUT2D eigenvalue weighted by atomic mass is 16.2. The fourth-order valence-electron chi connectivity index (χ4n) is 2.33. The fraction of sp³-hybridized carbons (Fsp3) is 0.353. The van der Waals surface area contributed by atoms with Crippen LogP contribution in [0.3, 0.4) is 0 Å². The van der Waals surface area contributed by atoms with Gasteiger partial charge in [-0.2, -0.15) is 0 Å². The Morgan fingerprint density at radius 2 is 1.91 bits per heavy atom. The van der Waals surface area contributed by atoms with E-state index in [1.165, 1.54) is 6.07 Å². The van der Waals surface area contributed by atoms with Crippen LogP contribution in [0.5, 0.6) is 0 Å². The van der Waals surface area contributed by atoms with Crippen LogP contribution in [0.1, 0.15) is 24.4 Å². The molecular formula is C17H22N4O2. The van der Waals surface area contributed by atoms with Crippen LogP contribution in [0.4, 0.5) is 5.82 Å². The minimum absolute atomic E-state index is 0.0222. The van der Waals surface area contributed by atoms with Gasteiger partial charge < -0.3 is 14.8 Å². The van der Waals surface area contributed by atoms with Crippen molar-refractivity contribution in [2.75, 3.05) is 25.5 Å². The molecule has 0 saturated carbocycles. The summed E-state index contributed by atoms with van der Waals surface area (Å²) in [6.07, 6.45) is 0. The number of aromatic amines is 1. The Balaban J connectivity index is 2.07. The number of likely N-dealkylation sites (N-methyl/N-ethyl adjacent to an activating group) is 2. The molecule has 6 heteroatoms. The third-order valence-electron chi connectivity index (χ3n) is 3.87. The molecule has 0 radical (unpaired) electrons. The van der Waals surface area contributed by atoms with Gasteiger partial charge in [0, 0.05) is 20.2 Å². The molecule has 1 aromatic heterocycles. The molecule has 1 amide bonds. The quantitative estimate of drug-likeness (QED) is 0.912. The minimum Gasteiger partial charge on any atom is -0.350 e. The number of aromatic nitrogens is 2. The van der Waals surface area contributed by atoms with Crippen LogP contribution < -0.4 is 10.5 Å². The Morgan fingerprint density at radius 1 is 1.26 bits per heavy atom. The summed E-state index contributed by atoms with van der Waals surface area (Å²) in [5.74, 6) is 0.974. The number of rotatable bonds is 5. The number of anilines is 1. The predicted octanol–water partition coefficient (Wildman–Crippen LogP) is 1.73.